The molecule has 0 amide bonds. The lowest BCUT2D eigenvalue weighted by atomic mass is 9.85. The number of hydrogen-bond acceptors (Lipinski definition) is 2. The molecule has 1 N–H and O–H groups in total. The standard InChI is InChI=1S/C9H18BrNO2S/c1-2-8-4-3-5-9(6-8)11-14(12,13)7-10/h8-9,11H,2-7H2,1H3. The van der Waals surface area contributed by atoms with E-state index in [-0.39, 0.29) is 10.7 Å². The molecule has 1 aliphatic carbocycles. The molecule has 2 unspecified atom stereocenters. The summed E-state index contributed by atoms with van der Waals surface area (Å²) < 4.78 is 25.4. The molecule has 84 valence electrons. The third kappa shape index (κ3) is 3.87. The molecule has 0 bridgehead atoms. The maximum absolute atomic E-state index is 11.3. The van der Waals surface area contributed by atoms with Gasteiger partial charge in [0, 0.05) is 6.04 Å². The summed E-state index contributed by atoms with van der Waals surface area (Å²) in [5.74, 6) is 0.701. The Morgan fingerprint density at radius 1 is 1.43 bits per heavy atom. The van der Waals surface area contributed by atoms with Gasteiger partial charge in [0.15, 0.2) is 0 Å². The molecule has 0 saturated heterocycles. The predicted molar refractivity (Wildman–Crippen MR) is 61.9 cm³/mol. The molecule has 0 heterocycles. The van der Waals surface area contributed by atoms with E-state index in [9.17, 15) is 8.42 Å². The Morgan fingerprint density at radius 3 is 2.71 bits per heavy atom. The van der Waals surface area contributed by atoms with Crippen LogP contribution in [0.15, 0.2) is 0 Å². The van der Waals surface area contributed by atoms with E-state index in [1.54, 1.807) is 0 Å². The molecule has 0 aromatic heterocycles. The van der Waals surface area contributed by atoms with Crippen LogP contribution in [0.25, 0.3) is 0 Å². The Morgan fingerprint density at radius 2 is 2.14 bits per heavy atom. The number of halogens is 1. The minimum absolute atomic E-state index is 0.00723. The molecule has 0 aliphatic heterocycles. The van der Waals surface area contributed by atoms with Gasteiger partial charge in [0.2, 0.25) is 10.0 Å². The fourth-order valence-corrected chi connectivity index (χ4v) is 3.24. The first-order chi connectivity index (χ1) is 6.57. The lowest BCUT2D eigenvalue weighted by molar-refractivity contribution is 0.301. The lowest BCUT2D eigenvalue weighted by Gasteiger charge is -2.28. The average molecular weight is 284 g/mol. The quantitative estimate of drug-likeness (QED) is 0.805. The summed E-state index contributed by atoms with van der Waals surface area (Å²) >= 11 is 2.98. The van der Waals surface area contributed by atoms with Crippen molar-refractivity contribution in [2.75, 3.05) is 4.66 Å². The smallest absolute Gasteiger partial charge is 0.212 e. The van der Waals surface area contributed by atoms with Crippen LogP contribution in [0.4, 0.5) is 0 Å². The van der Waals surface area contributed by atoms with Gasteiger partial charge in [-0.25, -0.2) is 13.1 Å². The van der Waals surface area contributed by atoms with Crippen molar-refractivity contribution in [1.82, 2.24) is 4.72 Å². The highest BCUT2D eigenvalue weighted by Crippen LogP contribution is 2.26. The summed E-state index contributed by atoms with van der Waals surface area (Å²) in [6.07, 6.45) is 5.55. The summed E-state index contributed by atoms with van der Waals surface area (Å²) in [5.41, 5.74) is 0. The van der Waals surface area contributed by atoms with Crippen molar-refractivity contribution in [2.24, 2.45) is 5.92 Å². The van der Waals surface area contributed by atoms with Crippen LogP contribution in [0.3, 0.4) is 0 Å². The molecule has 14 heavy (non-hydrogen) atoms. The molecule has 0 aromatic rings. The second-order valence-corrected chi connectivity index (χ2v) is 7.04. The van der Waals surface area contributed by atoms with Gasteiger partial charge in [0.05, 0.1) is 0 Å². The van der Waals surface area contributed by atoms with Crippen molar-refractivity contribution in [3.05, 3.63) is 0 Å². The van der Waals surface area contributed by atoms with Gasteiger partial charge in [-0.1, -0.05) is 42.1 Å². The van der Waals surface area contributed by atoms with Crippen molar-refractivity contribution < 1.29 is 8.42 Å². The molecule has 1 rings (SSSR count). The highest BCUT2D eigenvalue weighted by molar-refractivity contribution is 9.10. The SMILES string of the molecule is CCC1CCCC(NS(=O)(=O)CBr)C1. The third-order valence-electron chi connectivity index (χ3n) is 2.85. The van der Waals surface area contributed by atoms with E-state index in [1.165, 1.54) is 6.42 Å². The Labute approximate surface area is 94.8 Å². The van der Waals surface area contributed by atoms with E-state index in [1.807, 2.05) is 0 Å². The summed E-state index contributed by atoms with van der Waals surface area (Å²) in [5, 5.41) is 0. The van der Waals surface area contributed by atoms with Crippen molar-refractivity contribution in [1.29, 1.82) is 0 Å². The molecule has 1 aliphatic rings. The Hall–Kier alpha value is 0.390. The third-order valence-corrected chi connectivity index (χ3v) is 5.64. The molecule has 1 saturated carbocycles. The highest BCUT2D eigenvalue weighted by Gasteiger charge is 2.23. The molecule has 2 atom stereocenters. The number of hydrogen-bond donors (Lipinski definition) is 1. The van der Waals surface area contributed by atoms with Crippen LogP contribution in [-0.2, 0) is 10.0 Å². The van der Waals surface area contributed by atoms with Crippen LogP contribution in [0, 0.1) is 5.92 Å². The van der Waals surface area contributed by atoms with Gasteiger partial charge in [-0.05, 0) is 18.8 Å². The van der Waals surface area contributed by atoms with Crippen LogP contribution in [0.5, 0.6) is 0 Å². The van der Waals surface area contributed by atoms with Gasteiger partial charge >= 0.3 is 0 Å². The van der Waals surface area contributed by atoms with E-state index in [0.717, 1.165) is 25.7 Å². The van der Waals surface area contributed by atoms with Crippen molar-refractivity contribution in [3.63, 3.8) is 0 Å². The fourth-order valence-electron chi connectivity index (χ4n) is 2.05. The lowest BCUT2D eigenvalue weighted by Crippen LogP contribution is -2.38. The first-order valence-corrected chi connectivity index (χ1v) is 7.90. The zero-order valence-electron chi connectivity index (χ0n) is 8.50. The minimum Gasteiger partial charge on any atom is -0.212 e. The van der Waals surface area contributed by atoms with Crippen LogP contribution >= 0.6 is 15.9 Å². The second kappa shape index (κ2) is 5.47. The Kier molecular flexibility index (Phi) is 4.87. The van der Waals surface area contributed by atoms with Gasteiger partial charge < -0.3 is 0 Å². The normalized spacial score (nSPS) is 29.0. The van der Waals surface area contributed by atoms with Crippen LogP contribution < -0.4 is 4.72 Å². The van der Waals surface area contributed by atoms with Crippen molar-refractivity contribution >= 4 is 26.0 Å². The van der Waals surface area contributed by atoms with Crippen LogP contribution in [0.1, 0.15) is 39.0 Å². The minimum atomic E-state index is -3.08. The fraction of sp³-hybridized carbons (Fsp3) is 1.00. The molecule has 5 heteroatoms. The average Bonchev–Trinajstić information content (AvgIpc) is 2.17. The molecule has 1 fully saturated rings. The van der Waals surface area contributed by atoms with Crippen LogP contribution in [0.2, 0.25) is 0 Å². The zero-order chi connectivity index (χ0) is 10.6. The van der Waals surface area contributed by atoms with E-state index < -0.39 is 10.0 Å². The molecule has 0 radical (unpaired) electrons. The van der Waals surface area contributed by atoms with Gasteiger partial charge in [-0.2, -0.15) is 0 Å². The number of nitrogens with one attached hydrogen (secondary N) is 1. The molecule has 0 spiro atoms. The molecule has 3 nitrogen and oxygen atoms in total. The van der Waals surface area contributed by atoms with Gasteiger partial charge in [-0.15, -0.1) is 0 Å². The van der Waals surface area contributed by atoms with E-state index in [4.69, 9.17) is 0 Å². The second-order valence-electron chi connectivity index (χ2n) is 3.98. The largest absolute Gasteiger partial charge is 0.221 e. The highest BCUT2D eigenvalue weighted by atomic mass is 79.9. The van der Waals surface area contributed by atoms with Crippen molar-refractivity contribution in [3.8, 4) is 0 Å². The number of sulfonamides is 1. The summed E-state index contributed by atoms with van der Waals surface area (Å²) in [4.78, 5) is 0. The maximum atomic E-state index is 11.3. The van der Waals surface area contributed by atoms with Crippen LogP contribution in [-0.4, -0.2) is 19.1 Å². The summed E-state index contributed by atoms with van der Waals surface area (Å²) in [6, 6.07) is 0.163. The Bertz CT molecular complexity index is 266. The first kappa shape index (κ1) is 12.5. The van der Waals surface area contributed by atoms with Gasteiger partial charge in [0.1, 0.15) is 4.66 Å². The first-order valence-electron chi connectivity index (χ1n) is 5.13. The summed E-state index contributed by atoms with van der Waals surface area (Å²) in [7, 11) is -3.08. The van der Waals surface area contributed by atoms with Crippen molar-refractivity contribution in [2.45, 2.75) is 45.1 Å². The monoisotopic (exact) mass is 283 g/mol. The molecular formula is C9H18BrNO2S. The topological polar surface area (TPSA) is 46.2 Å². The predicted octanol–water partition coefficient (Wildman–Crippen LogP) is 2.23. The van der Waals surface area contributed by atoms with E-state index >= 15 is 0 Å². The Balaban J connectivity index is 2.45. The maximum Gasteiger partial charge on any atom is 0.221 e. The zero-order valence-corrected chi connectivity index (χ0v) is 10.9. The number of alkyl halides is 1. The van der Waals surface area contributed by atoms with Gasteiger partial charge in [0.25, 0.3) is 0 Å². The van der Waals surface area contributed by atoms with E-state index in [0.29, 0.717) is 5.92 Å². The summed E-state index contributed by atoms with van der Waals surface area (Å²) in [6.45, 7) is 2.17. The molecule has 0 aromatic carbocycles. The number of rotatable bonds is 4. The molecular weight excluding hydrogens is 266 g/mol. The van der Waals surface area contributed by atoms with E-state index in [2.05, 4.69) is 27.6 Å². The van der Waals surface area contributed by atoms with Gasteiger partial charge in [-0.3, -0.25) is 0 Å².